The molecule has 2 rings (SSSR count). The Kier molecular flexibility index (Phi) is 0.939. The standard InChI is InChI=1S/C6H8O3/c7-3-1-2-4(8)6-5(3)9-6/h1-8H. The van der Waals surface area contributed by atoms with Crippen molar-refractivity contribution in [2.45, 2.75) is 24.4 Å². The molecule has 1 saturated heterocycles. The molecule has 3 heteroatoms. The highest BCUT2D eigenvalue weighted by molar-refractivity contribution is 5.14. The predicted molar refractivity (Wildman–Crippen MR) is 29.8 cm³/mol. The zero-order valence-corrected chi connectivity index (χ0v) is 4.77. The highest BCUT2D eigenvalue weighted by Crippen LogP contribution is 2.32. The molecule has 0 amide bonds. The molecule has 2 aliphatic rings. The van der Waals surface area contributed by atoms with E-state index in [9.17, 15) is 0 Å². The van der Waals surface area contributed by atoms with Crippen LogP contribution in [0, 0.1) is 0 Å². The predicted octanol–water partition coefficient (Wildman–Crippen LogP) is -0.955. The van der Waals surface area contributed by atoms with E-state index in [0.29, 0.717) is 0 Å². The second kappa shape index (κ2) is 1.56. The number of ether oxygens (including phenoxy) is 1. The van der Waals surface area contributed by atoms with Crippen molar-refractivity contribution in [1.82, 2.24) is 0 Å². The van der Waals surface area contributed by atoms with Crippen LogP contribution in [0.25, 0.3) is 0 Å². The summed E-state index contributed by atoms with van der Waals surface area (Å²) in [6.07, 6.45) is 1.87. The van der Waals surface area contributed by atoms with Crippen LogP contribution in [0.3, 0.4) is 0 Å². The molecule has 0 aromatic carbocycles. The lowest BCUT2D eigenvalue weighted by molar-refractivity contribution is 0.173. The Bertz CT molecular complexity index is 138. The highest BCUT2D eigenvalue weighted by Gasteiger charge is 2.49. The average molecular weight is 128 g/mol. The quantitative estimate of drug-likeness (QED) is 0.326. The summed E-state index contributed by atoms with van der Waals surface area (Å²) in [5.74, 6) is 0. The molecule has 0 saturated carbocycles. The van der Waals surface area contributed by atoms with Crippen LogP contribution < -0.4 is 0 Å². The monoisotopic (exact) mass is 128 g/mol. The topological polar surface area (TPSA) is 53.0 Å². The molecule has 1 heterocycles. The SMILES string of the molecule is OC1C=CC(O)C2OC12. The average Bonchev–Trinajstić information content (AvgIpc) is 2.57. The lowest BCUT2D eigenvalue weighted by Crippen LogP contribution is -2.25. The van der Waals surface area contributed by atoms with Crippen molar-refractivity contribution in [3.63, 3.8) is 0 Å². The first kappa shape index (κ1) is 5.41. The van der Waals surface area contributed by atoms with Crippen LogP contribution in [0.5, 0.6) is 0 Å². The third-order valence-electron chi connectivity index (χ3n) is 1.74. The lowest BCUT2D eigenvalue weighted by atomic mass is 10.0. The summed E-state index contributed by atoms with van der Waals surface area (Å²) in [5, 5.41) is 18.0. The van der Waals surface area contributed by atoms with Gasteiger partial charge < -0.3 is 14.9 Å². The Morgan fingerprint density at radius 3 is 1.89 bits per heavy atom. The molecule has 1 aliphatic heterocycles. The van der Waals surface area contributed by atoms with Crippen molar-refractivity contribution in [3.8, 4) is 0 Å². The van der Waals surface area contributed by atoms with Crippen molar-refractivity contribution in [3.05, 3.63) is 12.2 Å². The zero-order chi connectivity index (χ0) is 6.43. The Labute approximate surface area is 52.6 Å². The molecule has 4 unspecified atom stereocenters. The summed E-state index contributed by atoms with van der Waals surface area (Å²) in [6, 6.07) is 0. The van der Waals surface area contributed by atoms with Crippen LogP contribution in [-0.2, 0) is 4.74 Å². The van der Waals surface area contributed by atoms with Crippen molar-refractivity contribution < 1.29 is 14.9 Å². The zero-order valence-electron chi connectivity index (χ0n) is 4.77. The fourth-order valence-corrected chi connectivity index (χ4v) is 1.13. The van der Waals surface area contributed by atoms with Crippen LogP contribution in [0.2, 0.25) is 0 Å². The molecule has 0 aromatic rings. The Hall–Kier alpha value is -0.380. The van der Waals surface area contributed by atoms with E-state index < -0.39 is 12.2 Å². The number of epoxide rings is 1. The number of hydrogen-bond acceptors (Lipinski definition) is 3. The minimum Gasteiger partial charge on any atom is -0.386 e. The van der Waals surface area contributed by atoms with E-state index in [-0.39, 0.29) is 12.2 Å². The molecular formula is C6H8O3. The van der Waals surface area contributed by atoms with Gasteiger partial charge in [0, 0.05) is 0 Å². The summed E-state index contributed by atoms with van der Waals surface area (Å²) < 4.78 is 4.94. The molecule has 1 aliphatic carbocycles. The first-order valence-electron chi connectivity index (χ1n) is 2.99. The van der Waals surface area contributed by atoms with Gasteiger partial charge in [0.05, 0.1) is 0 Å². The van der Waals surface area contributed by atoms with E-state index >= 15 is 0 Å². The first-order chi connectivity index (χ1) is 4.29. The van der Waals surface area contributed by atoms with E-state index in [0.717, 1.165) is 0 Å². The fraction of sp³-hybridized carbons (Fsp3) is 0.667. The number of aliphatic hydroxyl groups is 2. The van der Waals surface area contributed by atoms with E-state index in [4.69, 9.17) is 14.9 Å². The van der Waals surface area contributed by atoms with Gasteiger partial charge in [-0.05, 0) is 0 Å². The fourth-order valence-electron chi connectivity index (χ4n) is 1.13. The molecule has 2 N–H and O–H groups in total. The van der Waals surface area contributed by atoms with Gasteiger partial charge in [-0.15, -0.1) is 0 Å². The van der Waals surface area contributed by atoms with Crippen LogP contribution in [0.1, 0.15) is 0 Å². The summed E-state index contributed by atoms with van der Waals surface area (Å²) in [6.45, 7) is 0. The number of fused-ring (bicyclic) bond motifs is 1. The molecule has 0 bridgehead atoms. The number of aliphatic hydroxyl groups excluding tert-OH is 2. The van der Waals surface area contributed by atoms with E-state index in [1.165, 1.54) is 0 Å². The lowest BCUT2D eigenvalue weighted by Gasteiger charge is -2.08. The van der Waals surface area contributed by atoms with Gasteiger partial charge in [-0.25, -0.2) is 0 Å². The smallest absolute Gasteiger partial charge is 0.117 e. The molecule has 1 fully saturated rings. The Morgan fingerprint density at radius 2 is 1.44 bits per heavy atom. The van der Waals surface area contributed by atoms with Crippen molar-refractivity contribution >= 4 is 0 Å². The van der Waals surface area contributed by atoms with Crippen LogP contribution in [0.15, 0.2) is 12.2 Å². The Balaban J connectivity index is 2.15. The normalized spacial score (nSPS) is 54.9. The van der Waals surface area contributed by atoms with Crippen molar-refractivity contribution in [2.75, 3.05) is 0 Å². The van der Waals surface area contributed by atoms with Crippen LogP contribution >= 0.6 is 0 Å². The van der Waals surface area contributed by atoms with Crippen molar-refractivity contribution in [2.24, 2.45) is 0 Å². The van der Waals surface area contributed by atoms with E-state index in [1.807, 2.05) is 0 Å². The van der Waals surface area contributed by atoms with E-state index in [2.05, 4.69) is 0 Å². The molecular weight excluding hydrogens is 120 g/mol. The number of rotatable bonds is 0. The molecule has 0 aromatic heterocycles. The maximum Gasteiger partial charge on any atom is 0.117 e. The highest BCUT2D eigenvalue weighted by atomic mass is 16.6. The van der Waals surface area contributed by atoms with Crippen LogP contribution in [-0.4, -0.2) is 34.6 Å². The van der Waals surface area contributed by atoms with Gasteiger partial charge in [0.2, 0.25) is 0 Å². The summed E-state index contributed by atoms with van der Waals surface area (Å²) in [4.78, 5) is 0. The minimum atomic E-state index is -0.501. The van der Waals surface area contributed by atoms with Crippen LogP contribution in [0.4, 0.5) is 0 Å². The second-order valence-corrected chi connectivity index (χ2v) is 2.43. The third kappa shape index (κ3) is 0.694. The molecule has 50 valence electrons. The van der Waals surface area contributed by atoms with Gasteiger partial charge in [-0.3, -0.25) is 0 Å². The Morgan fingerprint density at radius 1 is 1.00 bits per heavy atom. The molecule has 9 heavy (non-hydrogen) atoms. The summed E-state index contributed by atoms with van der Waals surface area (Å²) in [7, 11) is 0. The molecule has 4 atom stereocenters. The minimum absolute atomic E-state index is 0.134. The van der Waals surface area contributed by atoms with Gasteiger partial charge in [-0.1, -0.05) is 12.2 Å². The maximum atomic E-state index is 9.01. The summed E-state index contributed by atoms with van der Waals surface area (Å²) >= 11 is 0. The third-order valence-corrected chi connectivity index (χ3v) is 1.74. The van der Waals surface area contributed by atoms with Crippen molar-refractivity contribution in [1.29, 1.82) is 0 Å². The largest absolute Gasteiger partial charge is 0.386 e. The van der Waals surface area contributed by atoms with Gasteiger partial charge in [0.15, 0.2) is 0 Å². The van der Waals surface area contributed by atoms with E-state index in [1.54, 1.807) is 12.2 Å². The second-order valence-electron chi connectivity index (χ2n) is 2.43. The van der Waals surface area contributed by atoms with Gasteiger partial charge in [-0.2, -0.15) is 0 Å². The van der Waals surface area contributed by atoms with Gasteiger partial charge in [0.1, 0.15) is 24.4 Å². The first-order valence-corrected chi connectivity index (χ1v) is 2.99. The molecule has 0 radical (unpaired) electrons. The molecule has 3 nitrogen and oxygen atoms in total. The van der Waals surface area contributed by atoms with Gasteiger partial charge in [0.25, 0.3) is 0 Å². The van der Waals surface area contributed by atoms with Gasteiger partial charge >= 0.3 is 0 Å². The summed E-state index contributed by atoms with van der Waals surface area (Å²) in [5.41, 5.74) is 0. The number of hydrogen-bond donors (Lipinski definition) is 2. The maximum absolute atomic E-state index is 9.01. The molecule has 0 spiro atoms.